The Kier molecular flexibility index (Phi) is 2.90. The van der Waals surface area contributed by atoms with Crippen molar-refractivity contribution in [3.8, 4) is 16.9 Å². The second-order valence-corrected chi connectivity index (χ2v) is 4.58. The quantitative estimate of drug-likeness (QED) is 0.730. The molecule has 0 aliphatic rings. The Morgan fingerprint density at radius 3 is 2.78 bits per heavy atom. The number of benzene rings is 1. The zero-order chi connectivity index (χ0) is 12.4. The van der Waals surface area contributed by atoms with Crippen LogP contribution in [-0.4, -0.2) is 19.7 Å². The van der Waals surface area contributed by atoms with Gasteiger partial charge >= 0.3 is 0 Å². The van der Waals surface area contributed by atoms with Crippen LogP contribution in [0.2, 0.25) is 0 Å². The van der Waals surface area contributed by atoms with Crippen LogP contribution in [-0.2, 0) is 0 Å². The molecule has 0 unspecified atom stereocenters. The van der Waals surface area contributed by atoms with Crippen LogP contribution in [0.5, 0.6) is 0 Å². The van der Waals surface area contributed by atoms with Gasteiger partial charge in [0.1, 0.15) is 6.33 Å². The first-order valence-corrected chi connectivity index (χ1v) is 6.20. The third-order valence-electron chi connectivity index (χ3n) is 2.57. The molecule has 3 rings (SSSR count). The first kappa shape index (κ1) is 11.1. The van der Waals surface area contributed by atoms with Crippen molar-refractivity contribution in [2.75, 3.05) is 0 Å². The number of hydrogen-bond donors (Lipinski definition) is 0. The minimum absolute atomic E-state index is 0.753. The van der Waals surface area contributed by atoms with Crippen molar-refractivity contribution in [3.05, 3.63) is 59.7 Å². The average molecular weight is 301 g/mol. The predicted octanol–water partition coefficient (Wildman–Crippen LogP) is 3.09. The Hall–Kier alpha value is -2.01. The van der Waals surface area contributed by atoms with Gasteiger partial charge in [0.05, 0.1) is 6.20 Å². The Labute approximate surface area is 112 Å². The molecule has 0 aliphatic carbocycles. The fraction of sp³-hybridized carbons (Fsp3) is 0. The summed E-state index contributed by atoms with van der Waals surface area (Å²) in [5.41, 5.74) is 2.15. The van der Waals surface area contributed by atoms with Crippen LogP contribution in [0.4, 0.5) is 0 Å². The van der Waals surface area contributed by atoms with Gasteiger partial charge in [-0.1, -0.05) is 34.1 Å². The molecule has 88 valence electrons. The zero-order valence-corrected chi connectivity index (χ0v) is 10.9. The van der Waals surface area contributed by atoms with E-state index in [9.17, 15) is 0 Å². The molecular formula is C13H9BrN4. The predicted molar refractivity (Wildman–Crippen MR) is 72.3 cm³/mol. The van der Waals surface area contributed by atoms with E-state index in [2.05, 4.69) is 31.0 Å². The monoisotopic (exact) mass is 300 g/mol. The smallest absolute Gasteiger partial charge is 0.156 e. The molecule has 2 heterocycles. The number of halogens is 1. The molecule has 0 saturated heterocycles. The van der Waals surface area contributed by atoms with E-state index < -0.39 is 0 Å². The first-order valence-electron chi connectivity index (χ1n) is 5.40. The lowest BCUT2D eigenvalue weighted by Gasteiger charge is -2.00. The lowest BCUT2D eigenvalue weighted by molar-refractivity contribution is 0.839. The second kappa shape index (κ2) is 4.70. The normalized spacial score (nSPS) is 10.5. The maximum absolute atomic E-state index is 4.31. The van der Waals surface area contributed by atoms with E-state index in [0.717, 1.165) is 21.4 Å². The Balaban J connectivity index is 2.03. The van der Waals surface area contributed by atoms with Gasteiger partial charge in [0.15, 0.2) is 5.82 Å². The van der Waals surface area contributed by atoms with Crippen LogP contribution >= 0.6 is 15.9 Å². The molecule has 0 N–H and O–H groups in total. The highest BCUT2D eigenvalue weighted by Crippen LogP contribution is 2.27. The second-order valence-electron chi connectivity index (χ2n) is 3.72. The highest BCUT2D eigenvalue weighted by molar-refractivity contribution is 9.10. The summed E-state index contributed by atoms with van der Waals surface area (Å²) in [7, 11) is 0. The molecule has 0 amide bonds. The van der Waals surface area contributed by atoms with Gasteiger partial charge in [-0.3, -0.25) is 0 Å². The van der Waals surface area contributed by atoms with Crippen LogP contribution in [0.3, 0.4) is 0 Å². The molecule has 18 heavy (non-hydrogen) atoms. The van der Waals surface area contributed by atoms with Crippen LogP contribution in [0.15, 0.2) is 59.7 Å². The molecule has 0 atom stereocenters. The summed E-state index contributed by atoms with van der Waals surface area (Å²) in [6, 6.07) is 9.87. The van der Waals surface area contributed by atoms with Gasteiger partial charge in [0.2, 0.25) is 0 Å². The molecule has 5 heteroatoms. The summed E-state index contributed by atoms with van der Waals surface area (Å²) in [4.78, 5) is 8.05. The average Bonchev–Trinajstić information content (AvgIpc) is 2.90. The van der Waals surface area contributed by atoms with Gasteiger partial charge in [0, 0.05) is 28.5 Å². The van der Waals surface area contributed by atoms with Crippen molar-refractivity contribution >= 4 is 15.9 Å². The lowest BCUT2D eigenvalue weighted by Crippen LogP contribution is -1.96. The summed E-state index contributed by atoms with van der Waals surface area (Å²) >= 11 is 3.54. The van der Waals surface area contributed by atoms with Crippen molar-refractivity contribution in [3.63, 3.8) is 0 Å². The van der Waals surface area contributed by atoms with Crippen molar-refractivity contribution in [1.82, 2.24) is 19.7 Å². The zero-order valence-electron chi connectivity index (χ0n) is 9.36. The third-order valence-corrected chi connectivity index (χ3v) is 3.26. The number of nitrogens with zero attached hydrogens (tertiary/aromatic N) is 4. The fourth-order valence-electron chi connectivity index (χ4n) is 1.70. The van der Waals surface area contributed by atoms with Crippen molar-refractivity contribution in [2.24, 2.45) is 0 Å². The molecule has 1 aromatic carbocycles. The summed E-state index contributed by atoms with van der Waals surface area (Å²) in [6.45, 7) is 0. The van der Waals surface area contributed by atoms with Crippen LogP contribution in [0, 0.1) is 0 Å². The van der Waals surface area contributed by atoms with E-state index >= 15 is 0 Å². The van der Waals surface area contributed by atoms with Gasteiger partial charge in [-0.25, -0.2) is 14.6 Å². The molecule has 0 aliphatic heterocycles. The van der Waals surface area contributed by atoms with Gasteiger partial charge in [-0.15, -0.1) is 0 Å². The maximum Gasteiger partial charge on any atom is 0.156 e. The van der Waals surface area contributed by atoms with E-state index in [-0.39, 0.29) is 0 Å². The molecule has 2 aromatic heterocycles. The van der Waals surface area contributed by atoms with Crippen LogP contribution in [0.1, 0.15) is 0 Å². The summed E-state index contributed by atoms with van der Waals surface area (Å²) < 4.78 is 2.78. The molecule has 4 nitrogen and oxygen atoms in total. The number of aromatic nitrogens is 4. The molecule has 3 aromatic rings. The lowest BCUT2D eigenvalue weighted by atomic mass is 10.1. The van der Waals surface area contributed by atoms with Gasteiger partial charge in [0.25, 0.3) is 0 Å². The van der Waals surface area contributed by atoms with E-state index in [1.54, 1.807) is 10.9 Å². The summed E-state index contributed by atoms with van der Waals surface area (Å²) in [5.74, 6) is 0.753. The highest BCUT2D eigenvalue weighted by atomic mass is 79.9. The minimum atomic E-state index is 0.753. The molecule has 0 fully saturated rings. The molecular weight excluding hydrogens is 292 g/mol. The Morgan fingerprint density at radius 1 is 1.11 bits per heavy atom. The molecule has 0 saturated carbocycles. The molecule has 0 radical (unpaired) electrons. The highest BCUT2D eigenvalue weighted by Gasteiger charge is 2.06. The number of rotatable bonds is 2. The van der Waals surface area contributed by atoms with Crippen LogP contribution < -0.4 is 0 Å². The van der Waals surface area contributed by atoms with E-state index in [1.807, 2.05) is 42.7 Å². The van der Waals surface area contributed by atoms with Gasteiger partial charge in [-0.2, -0.15) is 5.10 Å². The first-order chi connectivity index (χ1) is 8.84. The maximum atomic E-state index is 4.31. The fourth-order valence-corrected chi connectivity index (χ4v) is 2.22. The SMILES string of the molecule is Brc1ccccc1-c1cnn(-c2ccncn2)c1. The Bertz CT molecular complexity index is 664. The summed E-state index contributed by atoms with van der Waals surface area (Å²) in [5, 5.41) is 4.31. The van der Waals surface area contributed by atoms with E-state index in [4.69, 9.17) is 0 Å². The van der Waals surface area contributed by atoms with Crippen LogP contribution in [0.25, 0.3) is 16.9 Å². The largest absolute Gasteiger partial charge is 0.245 e. The third kappa shape index (κ3) is 2.04. The van der Waals surface area contributed by atoms with Crippen molar-refractivity contribution < 1.29 is 0 Å². The van der Waals surface area contributed by atoms with Gasteiger partial charge in [-0.05, 0) is 11.6 Å². The van der Waals surface area contributed by atoms with Crippen molar-refractivity contribution in [1.29, 1.82) is 0 Å². The van der Waals surface area contributed by atoms with Crippen molar-refractivity contribution in [2.45, 2.75) is 0 Å². The topological polar surface area (TPSA) is 43.6 Å². The minimum Gasteiger partial charge on any atom is -0.245 e. The van der Waals surface area contributed by atoms with E-state index in [1.165, 1.54) is 6.33 Å². The number of hydrogen-bond acceptors (Lipinski definition) is 3. The summed E-state index contributed by atoms with van der Waals surface area (Å²) in [6.07, 6.45) is 6.97. The molecule has 0 bridgehead atoms. The Morgan fingerprint density at radius 2 is 2.00 bits per heavy atom. The molecule has 0 spiro atoms. The standard InChI is InChI=1S/C13H9BrN4/c14-12-4-2-1-3-11(12)10-7-17-18(8-10)13-5-6-15-9-16-13/h1-9H. The van der Waals surface area contributed by atoms with E-state index in [0.29, 0.717) is 0 Å². The van der Waals surface area contributed by atoms with Gasteiger partial charge < -0.3 is 0 Å².